The Kier molecular flexibility index (Phi) is 5.47. The molecule has 30 heavy (non-hydrogen) atoms. The predicted octanol–water partition coefficient (Wildman–Crippen LogP) is 3.33. The molecule has 0 saturated carbocycles. The number of nitrogens with one attached hydrogen (secondary N) is 1. The summed E-state index contributed by atoms with van der Waals surface area (Å²) >= 11 is 0. The zero-order valence-electron chi connectivity index (χ0n) is 16.6. The van der Waals surface area contributed by atoms with Crippen molar-refractivity contribution >= 4 is 23.4 Å². The van der Waals surface area contributed by atoms with Gasteiger partial charge >= 0.3 is 11.9 Å². The zero-order valence-corrected chi connectivity index (χ0v) is 16.6. The molecule has 1 aliphatic rings. The topological polar surface area (TPSA) is 99.7 Å². The minimum Gasteiger partial charge on any atom is -0.478 e. The molecule has 0 fully saturated rings. The lowest BCUT2D eigenvalue weighted by molar-refractivity contribution is -0.130. The number of carboxylic acid groups (broad SMARTS) is 1. The normalized spacial score (nSPS) is 15.1. The summed E-state index contributed by atoms with van der Waals surface area (Å²) < 4.78 is 31.8. The van der Waals surface area contributed by atoms with Crippen LogP contribution in [0.5, 0.6) is 0 Å². The first-order valence-corrected chi connectivity index (χ1v) is 9.17. The summed E-state index contributed by atoms with van der Waals surface area (Å²) in [6.07, 6.45) is 1.13. The molecule has 1 aliphatic heterocycles. The molecular weight excluding hydrogens is 398 g/mol. The number of carbonyl (C=O) groups excluding carboxylic acids is 2. The quantitative estimate of drug-likeness (QED) is 0.742. The summed E-state index contributed by atoms with van der Waals surface area (Å²) in [7, 11) is 0. The van der Waals surface area contributed by atoms with Crippen LogP contribution in [-0.4, -0.2) is 46.0 Å². The molecule has 9 heteroatoms. The molecule has 1 aromatic carbocycles. The lowest BCUT2D eigenvalue weighted by Gasteiger charge is -2.29. The van der Waals surface area contributed by atoms with E-state index in [1.54, 1.807) is 20.8 Å². The van der Waals surface area contributed by atoms with E-state index in [1.807, 2.05) is 0 Å². The smallest absolute Gasteiger partial charge is 0.354 e. The lowest BCUT2D eigenvalue weighted by Crippen LogP contribution is -2.36. The number of halogens is 2. The van der Waals surface area contributed by atoms with Gasteiger partial charge in [0.2, 0.25) is 0 Å². The van der Waals surface area contributed by atoms with Crippen LogP contribution in [-0.2, 0) is 14.9 Å². The fraction of sp³-hybridized carbons (Fsp3) is 0.286. The Morgan fingerprint density at radius 3 is 2.50 bits per heavy atom. The van der Waals surface area contributed by atoms with Crippen LogP contribution in [0, 0.1) is 11.6 Å². The molecule has 0 unspecified atom stereocenters. The van der Waals surface area contributed by atoms with E-state index in [9.17, 15) is 28.3 Å². The van der Waals surface area contributed by atoms with Gasteiger partial charge in [0.15, 0.2) is 11.6 Å². The second-order valence-corrected chi connectivity index (χ2v) is 7.49. The summed E-state index contributed by atoms with van der Waals surface area (Å²) in [5.74, 6) is -4.90. The Hall–Kier alpha value is -3.49. The van der Waals surface area contributed by atoms with Crippen LogP contribution in [0.25, 0.3) is 5.57 Å². The Morgan fingerprint density at radius 1 is 1.20 bits per heavy atom. The van der Waals surface area contributed by atoms with Gasteiger partial charge in [0.25, 0.3) is 5.91 Å². The van der Waals surface area contributed by atoms with Crippen molar-refractivity contribution in [1.82, 2.24) is 9.88 Å². The molecule has 1 amide bonds. The fourth-order valence-electron chi connectivity index (χ4n) is 3.38. The van der Waals surface area contributed by atoms with E-state index >= 15 is 0 Å². The third kappa shape index (κ3) is 3.83. The third-order valence-electron chi connectivity index (χ3n) is 4.82. The number of hydrogen-bond donors (Lipinski definition) is 2. The number of aliphatic carboxylic acids is 1. The molecule has 0 radical (unpaired) electrons. The standard InChI is InChI=1S/C21H20F2N2O5/c1-4-30-20(29)16-8-13-17(24-16)12(19(27)28)9-25(10-21(13,2)3)18(26)11-5-6-14(22)15(23)7-11/h5-9,24H,4,10H2,1-3H3,(H,27,28). The molecule has 158 valence electrons. The molecule has 7 nitrogen and oxygen atoms in total. The largest absolute Gasteiger partial charge is 0.478 e. The maximum atomic E-state index is 13.6. The van der Waals surface area contributed by atoms with Gasteiger partial charge in [-0.15, -0.1) is 0 Å². The highest BCUT2D eigenvalue weighted by Crippen LogP contribution is 2.36. The van der Waals surface area contributed by atoms with Crippen LogP contribution in [0.1, 0.15) is 52.9 Å². The summed E-state index contributed by atoms with van der Waals surface area (Å²) in [6, 6.07) is 4.24. The molecule has 0 aliphatic carbocycles. The van der Waals surface area contributed by atoms with Crippen molar-refractivity contribution in [3.63, 3.8) is 0 Å². The maximum Gasteiger partial charge on any atom is 0.354 e. The fourth-order valence-corrected chi connectivity index (χ4v) is 3.38. The number of amides is 1. The van der Waals surface area contributed by atoms with Crippen molar-refractivity contribution in [2.75, 3.05) is 13.2 Å². The van der Waals surface area contributed by atoms with E-state index < -0.39 is 34.9 Å². The molecule has 0 atom stereocenters. The van der Waals surface area contributed by atoms with E-state index in [-0.39, 0.29) is 35.7 Å². The molecule has 0 spiro atoms. The second-order valence-electron chi connectivity index (χ2n) is 7.49. The molecule has 2 aromatic rings. The van der Waals surface area contributed by atoms with Gasteiger partial charge in [-0.05, 0) is 36.8 Å². The highest BCUT2D eigenvalue weighted by Gasteiger charge is 2.36. The molecule has 2 heterocycles. The summed E-state index contributed by atoms with van der Waals surface area (Å²) in [4.78, 5) is 40.9. The number of H-pyrrole nitrogens is 1. The Labute approximate surface area is 170 Å². The van der Waals surface area contributed by atoms with Crippen molar-refractivity contribution in [3.05, 3.63) is 64.6 Å². The molecule has 0 saturated heterocycles. The minimum absolute atomic E-state index is 0.0364. The third-order valence-corrected chi connectivity index (χ3v) is 4.82. The molecular formula is C21H20F2N2O5. The van der Waals surface area contributed by atoms with Crippen molar-refractivity contribution < 1.29 is 33.0 Å². The number of carbonyl (C=O) groups is 3. The first-order chi connectivity index (χ1) is 14.0. The average Bonchev–Trinajstić information content (AvgIpc) is 3.08. The summed E-state index contributed by atoms with van der Waals surface area (Å²) in [5, 5.41) is 9.73. The number of ether oxygens (including phenoxy) is 1. The number of fused-ring (bicyclic) bond motifs is 1. The molecule has 1 aromatic heterocycles. The number of benzene rings is 1. The number of carboxylic acids is 1. The maximum absolute atomic E-state index is 13.6. The first kappa shape index (κ1) is 21.2. The highest BCUT2D eigenvalue weighted by atomic mass is 19.2. The van der Waals surface area contributed by atoms with E-state index in [1.165, 1.54) is 6.07 Å². The van der Waals surface area contributed by atoms with Gasteiger partial charge in [0.05, 0.1) is 17.9 Å². The Balaban J connectivity index is 2.09. The summed E-state index contributed by atoms with van der Waals surface area (Å²) in [6.45, 7) is 5.40. The minimum atomic E-state index is -1.32. The molecule has 2 N–H and O–H groups in total. The summed E-state index contributed by atoms with van der Waals surface area (Å²) in [5.41, 5.74) is -0.359. The number of hydrogen-bond acceptors (Lipinski definition) is 4. The molecule has 0 bridgehead atoms. The SMILES string of the molecule is CCOC(=O)c1cc2c([nH]1)C(C(=O)O)=CN(C(=O)c1ccc(F)c(F)c1)CC2(C)C. The van der Waals surface area contributed by atoms with Gasteiger partial charge < -0.3 is 19.7 Å². The first-order valence-electron chi connectivity index (χ1n) is 9.17. The van der Waals surface area contributed by atoms with Crippen LogP contribution in [0.15, 0.2) is 30.5 Å². The van der Waals surface area contributed by atoms with Crippen molar-refractivity contribution in [3.8, 4) is 0 Å². The number of aromatic nitrogens is 1. The van der Waals surface area contributed by atoms with Crippen LogP contribution in [0.4, 0.5) is 8.78 Å². The lowest BCUT2D eigenvalue weighted by atomic mass is 9.83. The Morgan fingerprint density at radius 2 is 1.90 bits per heavy atom. The number of aromatic amines is 1. The van der Waals surface area contributed by atoms with Crippen molar-refractivity contribution in [2.45, 2.75) is 26.2 Å². The van der Waals surface area contributed by atoms with Gasteiger partial charge in [-0.1, -0.05) is 13.8 Å². The average molecular weight is 418 g/mol. The van der Waals surface area contributed by atoms with Gasteiger partial charge in [0.1, 0.15) is 5.69 Å². The number of esters is 1. The molecule has 3 rings (SSSR count). The van der Waals surface area contributed by atoms with Crippen molar-refractivity contribution in [2.24, 2.45) is 0 Å². The van der Waals surface area contributed by atoms with Crippen LogP contribution in [0.3, 0.4) is 0 Å². The van der Waals surface area contributed by atoms with E-state index in [0.29, 0.717) is 5.56 Å². The zero-order chi connectivity index (χ0) is 22.2. The van der Waals surface area contributed by atoms with Gasteiger partial charge in [-0.3, -0.25) is 4.79 Å². The Bertz CT molecular complexity index is 1070. The van der Waals surface area contributed by atoms with E-state index in [0.717, 1.165) is 29.3 Å². The van der Waals surface area contributed by atoms with E-state index in [2.05, 4.69) is 4.98 Å². The number of nitrogens with zero attached hydrogens (tertiary/aromatic N) is 1. The predicted molar refractivity (Wildman–Crippen MR) is 103 cm³/mol. The second kappa shape index (κ2) is 7.74. The number of rotatable bonds is 4. The van der Waals surface area contributed by atoms with Gasteiger partial charge in [0, 0.05) is 23.7 Å². The van der Waals surface area contributed by atoms with Crippen LogP contribution < -0.4 is 0 Å². The van der Waals surface area contributed by atoms with Crippen molar-refractivity contribution in [1.29, 1.82) is 0 Å². The van der Waals surface area contributed by atoms with Crippen LogP contribution >= 0.6 is 0 Å². The highest BCUT2D eigenvalue weighted by molar-refractivity contribution is 6.16. The van der Waals surface area contributed by atoms with Crippen LogP contribution in [0.2, 0.25) is 0 Å². The monoisotopic (exact) mass is 418 g/mol. The van der Waals surface area contributed by atoms with E-state index in [4.69, 9.17) is 4.74 Å². The van der Waals surface area contributed by atoms with Gasteiger partial charge in [-0.2, -0.15) is 0 Å². The van der Waals surface area contributed by atoms with Gasteiger partial charge in [-0.25, -0.2) is 18.4 Å².